The van der Waals surface area contributed by atoms with Gasteiger partial charge in [0.05, 0.1) is 29.3 Å². The molecule has 1 heterocycles. The Morgan fingerprint density at radius 1 is 1.32 bits per heavy atom. The Bertz CT molecular complexity index is 595. The van der Waals surface area contributed by atoms with Crippen LogP contribution in [0.5, 0.6) is 0 Å². The van der Waals surface area contributed by atoms with Gasteiger partial charge in [-0.15, -0.1) is 0 Å². The number of rotatable bonds is 6. The van der Waals surface area contributed by atoms with Gasteiger partial charge in [-0.05, 0) is 31.5 Å². The van der Waals surface area contributed by atoms with Crippen LogP contribution in [0.4, 0.5) is 0 Å². The molecule has 0 amide bonds. The third-order valence-corrected chi connectivity index (χ3v) is 3.09. The van der Waals surface area contributed by atoms with Crippen molar-refractivity contribution >= 4 is 11.0 Å². The van der Waals surface area contributed by atoms with E-state index in [2.05, 4.69) is 29.5 Å². The number of imidazole rings is 1. The fraction of sp³-hybridized carbons (Fsp3) is 0.467. The van der Waals surface area contributed by atoms with E-state index in [1.165, 1.54) is 0 Å². The number of aryl methyl sites for hydroxylation is 1. The van der Waals surface area contributed by atoms with Crippen LogP contribution in [0.15, 0.2) is 18.2 Å². The molecule has 1 aromatic carbocycles. The van der Waals surface area contributed by atoms with Crippen LogP contribution in [0.3, 0.4) is 0 Å². The molecule has 0 spiro atoms. The minimum Gasteiger partial charge on any atom is -0.381 e. The van der Waals surface area contributed by atoms with Crippen LogP contribution in [0.25, 0.3) is 11.0 Å². The van der Waals surface area contributed by atoms with Crippen molar-refractivity contribution in [3.05, 3.63) is 29.6 Å². The summed E-state index contributed by atoms with van der Waals surface area (Å²) < 4.78 is 7.71. The number of nitrogens with zero attached hydrogens (tertiary/aromatic N) is 3. The van der Waals surface area contributed by atoms with Crippen LogP contribution in [0, 0.1) is 11.3 Å². The smallest absolute Gasteiger partial charge is 0.112 e. The molecule has 0 unspecified atom stereocenters. The minimum absolute atomic E-state index is 0.655. The average molecular weight is 257 g/mol. The van der Waals surface area contributed by atoms with Gasteiger partial charge in [0.2, 0.25) is 0 Å². The predicted octanol–water partition coefficient (Wildman–Crippen LogP) is 2.90. The highest BCUT2D eigenvalue weighted by molar-refractivity contribution is 5.77. The van der Waals surface area contributed by atoms with Crippen molar-refractivity contribution in [3.8, 4) is 6.07 Å². The first-order chi connectivity index (χ1) is 9.30. The van der Waals surface area contributed by atoms with Crippen LogP contribution in [0.1, 0.15) is 31.7 Å². The normalized spacial score (nSPS) is 10.8. The Labute approximate surface area is 113 Å². The highest BCUT2D eigenvalue weighted by Crippen LogP contribution is 2.18. The van der Waals surface area contributed by atoms with E-state index in [-0.39, 0.29) is 0 Å². The molecule has 1 aromatic heterocycles. The summed E-state index contributed by atoms with van der Waals surface area (Å²) in [5, 5.41) is 8.93. The third-order valence-electron chi connectivity index (χ3n) is 3.09. The van der Waals surface area contributed by atoms with Gasteiger partial charge in [0.1, 0.15) is 5.82 Å². The van der Waals surface area contributed by atoms with Crippen LogP contribution in [-0.2, 0) is 17.7 Å². The zero-order chi connectivity index (χ0) is 13.7. The van der Waals surface area contributed by atoms with Gasteiger partial charge >= 0.3 is 0 Å². The van der Waals surface area contributed by atoms with Crippen molar-refractivity contribution in [2.75, 3.05) is 13.2 Å². The molecule has 0 aliphatic rings. The number of aromatic nitrogens is 2. The van der Waals surface area contributed by atoms with E-state index in [4.69, 9.17) is 10.00 Å². The lowest BCUT2D eigenvalue weighted by Crippen LogP contribution is -2.06. The van der Waals surface area contributed by atoms with E-state index in [0.717, 1.165) is 42.9 Å². The van der Waals surface area contributed by atoms with Crippen molar-refractivity contribution in [2.45, 2.75) is 33.2 Å². The van der Waals surface area contributed by atoms with E-state index in [9.17, 15) is 0 Å². The summed E-state index contributed by atoms with van der Waals surface area (Å²) in [6, 6.07) is 7.81. The van der Waals surface area contributed by atoms with Gasteiger partial charge in [0.15, 0.2) is 0 Å². The molecule has 0 atom stereocenters. The number of fused-ring (bicyclic) bond motifs is 1. The molecule has 0 aliphatic heterocycles. The molecular weight excluding hydrogens is 238 g/mol. The first-order valence-corrected chi connectivity index (χ1v) is 6.77. The monoisotopic (exact) mass is 257 g/mol. The average Bonchev–Trinajstić information content (AvgIpc) is 2.79. The Hall–Kier alpha value is -1.86. The van der Waals surface area contributed by atoms with Gasteiger partial charge in [-0.2, -0.15) is 5.26 Å². The van der Waals surface area contributed by atoms with Crippen molar-refractivity contribution in [3.63, 3.8) is 0 Å². The molecule has 0 saturated carbocycles. The molecule has 0 aliphatic carbocycles. The summed E-state index contributed by atoms with van der Waals surface area (Å²) >= 11 is 0. The van der Waals surface area contributed by atoms with Gasteiger partial charge in [0, 0.05) is 19.6 Å². The molecule has 0 radical (unpaired) electrons. The molecule has 2 aromatic rings. The summed E-state index contributed by atoms with van der Waals surface area (Å²) in [6.45, 7) is 6.58. The SMILES string of the molecule is CCCOCCc1nc2cc(C#N)ccc2n1CC. The Morgan fingerprint density at radius 2 is 2.16 bits per heavy atom. The zero-order valence-electron chi connectivity index (χ0n) is 11.5. The second kappa shape index (κ2) is 6.35. The van der Waals surface area contributed by atoms with Crippen molar-refractivity contribution in [1.29, 1.82) is 5.26 Å². The highest BCUT2D eigenvalue weighted by atomic mass is 16.5. The molecule has 0 bridgehead atoms. The van der Waals surface area contributed by atoms with Gasteiger partial charge < -0.3 is 9.30 Å². The van der Waals surface area contributed by atoms with Gasteiger partial charge in [-0.25, -0.2) is 4.98 Å². The van der Waals surface area contributed by atoms with Crippen LogP contribution in [0.2, 0.25) is 0 Å². The minimum atomic E-state index is 0.655. The summed E-state index contributed by atoms with van der Waals surface area (Å²) in [7, 11) is 0. The standard InChI is InChI=1S/C15H19N3O/c1-3-8-19-9-7-15-17-13-10-12(11-16)5-6-14(13)18(15)4-2/h5-6,10H,3-4,7-9H2,1-2H3. The lowest BCUT2D eigenvalue weighted by molar-refractivity contribution is 0.136. The lowest BCUT2D eigenvalue weighted by atomic mass is 10.2. The fourth-order valence-corrected chi connectivity index (χ4v) is 2.20. The zero-order valence-corrected chi connectivity index (χ0v) is 11.5. The molecular formula is C15H19N3O. The summed E-state index contributed by atoms with van der Waals surface area (Å²) in [5.74, 6) is 1.03. The Morgan fingerprint density at radius 3 is 2.84 bits per heavy atom. The molecule has 0 saturated heterocycles. The summed E-state index contributed by atoms with van der Waals surface area (Å²) in [4.78, 5) is 4.62. The summed E-state index contributed by atoms with van der Waals surface area (Å²) in [6.07, 6.45) is 1.85. The highest BCUT2D eigenvalue weighted by Gasteiger charge is 2.09. The van der Waals surface area contributed by atoms with E-state index in [1.807, 2.05) is 18.2 Å². The number of ether oxygens (including phenoxy) is 1. The van der Waals surface area contributed by atoms with Gasteiger partial charge in [-0.3, -0.25) is 0 Å². The number of benzene rings is 1. The number of hydrogen-bond acceptors (Lipinski definition) is 3. The van der Waals surface area contributed by atoms with Crippen molar-refractivity contribution in [2.24, 2.45) is 0 Å². The van der Waals surface area contributed by atoms with E-state index in [1.54, 1.807) is 0 Å². The topological polar surface area (TPSA) is 50.8 Å². The molecule has 2 rings (SSSR count). The third kappa shape index (κ3) is 2.94. The maximum atomic E-state index is 8.93. The Kier molecular flexibility index (Phi) is 4.53. The first-order valence-electron chi connectivity index (χ1n) is 6.77. The van der Waals surface area contributed by atoms with Crippen molar-refractivity contribution < 1.29 is 4.74 Å². The lowest BCUT2D eigenvalue weighted by Gasteiger charge is -2.06. The Balaban J connectivity index is 2.25. The maximum absolute atomic E-state index is 8.93. The van der Waals surface area contributed by atoms with E-state index < -0.39 is 0 Å². The molecule has 4 nitrogen and oxygen atoms in total. The molecule has 19 heavy (non-hydrogen) atoms. The van der Waals surface area contributed by atoms with Gasteiger partial charge in [-0.1, -0.05) is 6.92 Å². The molecule has 0 N–H and O–H groups in total. The quantitative estimate of drug-likeness (QED) is 0.748. The number of hydrogen-bond donors (Lipinski definition) is 0. The van der Waals surface area contributed by atoms with Crippen LogP contribution < -0.4 is 0 Å². The second-order valence-corrected chi connectivity index (χ2v) is 4.45. The van der Waals surface area contributed by atoms with E-state index >= 15 is 0 Å². The first kappa shape index (κ1) is 13.6. The van der Waals surface area contributed by atoms with Crippen molar-refractivity contribution in [1.82, 2.24) is 9.55 Å². The second-order valence-electron chi connectivity index (χ2n) is 4.45. The van der Waals surface area contributed by atoms with Crippen LogP contribution in [-0.4, -0.2) is 22.8 Å². The fourth-order valence-electron chi connectivity index (χ4n) is 2.20. The molecule has 4 heteroatoms. The van der Waals surface area contributed by atoms with Gasteiger partial charge in [0.25, 0.3) is 0 Å². The van der Waals surface area contributed by atoms with Crippen LogP contribution >= 0.6 is 0 Å². The maximum Gasteiger partial charge on any atom is 0.112 e. The van der Waals surface area contributed by atoms with E-state index in [0.29, 0.717) is 12.2 Å². The molecule has 100 valence electrons. The predicted molar refractivity (Wildman–Crippen MR) is 74.9 cm³/mol. The summed E-state index contributed by atoms with van der Waals surface area (Å²) in [5.41, 5.74) is 2.64. The number of nitriles is 1. The largest absolute Gasteiger partial charge is 0.381 e. The molecule has 0 fully saturated rings.